The van der Waals surface area contributed by atoms with Crippen molar-refractivity contribution in [2.24, 2.45) is 0 Å². The van der Waals surface area contributed by atoms with Crippen LogP contribution in [0.1, 0.15) is 79.8 Å². The Hall–Kier alpha value is -3.63. The van der Waals surface area contributed by atoms with Gasteiger partial charge in [0.2, 0.25) is 0 Å². The number of imidazole rings is 1. The number of aryl methyl sites for hydroxylation is 5. The van der Waals surface area contributed by atoms with Crippen molar-refractivity contribution >= 4 is 39.5 Å². The SMILES string of the molecule is CCCC.CSF.Cc1ccc2c3cc(-c4c(C)cccc4C)cc(C(C)C)c3c3ncc(-c4c(C)cccc4C)n3c2c1. The fourth-order valence-corrected chi connectivity index (χ4v) is 6.22. The molecule has 0 amide bonds. The van der Waals surface area contributed by atoms with Crippen LogP contribution in [0, 0.1) is 34.6 Å². The molecule has 0 aliphatic rings. The summed E-state index contributed by atoms with van der Waals surface area (Å²) in [5.41, 5.74) is 15.1. The quantitative estimate of drug-likeness (QED) is 0.186. The molecule has 0 saturated carbocycles. The van der Waals surface area contributed by atoms with Crippen molar-refractivity contribution in [1.82, 2.24) is 9.38 Å². The second-order valence-electron chi connectivity index (χ2n) is 12.2. The van der Waals surface area contributed by atoms with Gasteiger partial charge in [0.15, 0.2) is 0 Å². The van der Waals surface area contributed by atoms with Crippen molar-refractivity contribution < 1.29 is 3.89 Å². The molecule has 0 atom stereocenters. The van der Waals surface area contributed by atoms with Crippen LogP contribution in [0.15, 0.2) is 72.9 Å². The normalized spacial score (nSPS) is 11.1. The summed E-state index contributed by atoms with van der Waals surface area (Å²) in [6.45, 7) is 20.0. The third kappa shape index (κ3) is 6.42. The molecule has 6 rings (SSSR count). The molecule has 2 nitrogen and oxygen atoms in total. The van der Waals surface area contributed by atoms with Crippen molar-refractivity contribution in [3.05, 3.63) is 106 Å². The van der Waals surface area contributed by atoms with E-state index in [1.165, 1.54) is 90.8 Å². The minimum Gasteiger partial charge on any atom is -0.292 e. The van der Waals surface area contributed by atoms with Gasteiger partial charge in [0.1, 0.15) is 5.65 Å². The first-order valence-corrected chi connectivity index (χ1v) is 16.9. The van der Waals surface area contributed by atoms with Gasteiger partial charge in [-0.3, -0.25) is 4.40 Å². The Kier molecular flexibility index (Phi) is 10.9. The van der Waals surface area contributed by atoms with Crippen LogP contribution >= 0.6 is 12.1 Å². The van der Waals surface area contributed by atoms with Crippen molar-refractivity contribution in [3.8, 4) is 22.4 Å². The van der Waals surface area contributed by atoms with Gasteiger partial charge >= 0.3 is 0 Å². The molecule has 6 aromatic rings. The number of benzene rings is 4. The molecular weight excluding hydrogens is 560 g/mol. The van der Waals surface area contributed by atoms with Gasteiger partial charge in [-0.2, -0.15) is 3.89 Å². The van der Waals surface area contributed by atoms with E-state index in [1.807, 2.05) is 0 Å². The number of fused-ring (bicyclic) bond motifs is 6. The lowest BCUT2D eigenvalue weighted by Crippen LogP contribution is -2.00. The summed E-state index contributed by atoms with van der Waals surface area (Å²) in [4.78, 5) is 5.13. The highest BCUT2D eigenvalue weighted by Gasteiger charge is 2.21. The molecule has 0 N–H and O–H groups in total. The number of nitrogens with zero attached hydrogens (tertiary/aromatic N) is 2. The molecule has 0 unspecified atom stereocenters. The van der Waals surface area contributed by atoms with E-state index in [2.05, 4.69) is 140 Å². The number of rotatable bonds is 4. The first-order valence-electron chi connectivity index (χ1n) is 15.7. The van der Waals surface area contributed by atoms with Gasteiger partial charge in [-0.15, -0.1) is 0 Å². The molecule has 4 heteroatoms. The minimum absolute atomic E-state index is 0.250. The highest BCUT2D eigenvalue weighted by atomic mass is 32.2. The lowest BCUT2D eigenvalue weighted by molar-refractivity contribution is 0.876. The Morgan fingerprint density at radius 3 is 1.82 bits per heavy atom. The predicted molar refractivity (Wildman–Crippen MR) is 194 cm³/mol. The third-order valence-electron chi connectivity index (χ3n) is 8.47. The summed E-state index contributed by atoms with van der Waals surface area (Å²) in [7, 11) is 0. The summed E-state index contributed by atoms with van der Waals surface area (Å²) in [5, 5.41) is 3.82. The number of unbranched alkanes of at least 4 members (excludes halogenated alkanes) is 1. The van der Waals surface area contributed by atoms with Crippen molar-refractivity contribution in [2.45, 2.75) is 81.1 Å². The standard InChI is InChI=1S/C35H34N2.C4H10.CH3FS/c1-20(2)28-17-26(32-22(4)10-8-11-23(32)5)18-29-27-15-14-21(3)16-30(27)37-31(19-36-35(37)34(28)29)33-24(6)12-9-13-25(33)7;1-3-4-2;1-3-2/h8-20H,1-7H3;3-4H2,1-2H3;1H3. The summed E-state index contributed by atoms with van der Waals surface area (Å²) in [5.74, 6) is 0.360. The number of pyridine rings is 1. The zero-order valence-corrected chi connectivity index (χ0v) is 28.9. The molecule has 2 heterocycles. The molecule has 0 spiro atoms. The van der Waals surface area contributed by atoms with Crippen LogP contribution in [-0.2, 0) is 0 Å². The Morgan fingerprint density at radius 2 is 1.30 bits per heavy atom. The van der Waals surface area contributed by atoms with Crippen LogP contribution in [-0.4, -0.2) is 15.6 Å². The van der Waals surface area contributed by atoms with Crippen LogP contribution in [0.2, 0.25) is 0 Å². The van der Waals surface area contributed by atoms with E-state index in [0.717, 1.165) is 11.3 Å². The summed E-state index contributed by atoms with van der Waals surface area (Å²) >= 11 is 0.250. The van der Waals surface area contributed by atoms with E-state index in [4.69, 9.17) is 4.98 Å². The highest BCUT2D eigenvalue weighted by molar-refractivity contribution is 7.93. The van der Waals surface area contributed by atoms with Crippen molar-refractivity contribution in [1.29, 1.82) is 0 Å². The molecule has 0 aliphatic heterocycles. The second kappa shape index (κ2) is 14.4. The fraction of sp³-hybridized carbons (Fsp3) is 0.325. The van der Waals surface area contributed by atoms with E-state index in [0.29, 0.717) is 5.92 Å². The molecule has 2 aromatic heterocycles. The van der Waals surface area contributed by atoms with Gasteiger partial charge in [0, 0.05) is 34.7 Å². The maximum atomic E-state index is 10.2. The Bertz CT molecular complexity index is 1870. The number of hydrogen-bond donors (Lipinski definition) is 0. The smallest absolute Gasteiger partial charge is 0.145 e. The number of hydrogen-bond acceptors (Lipinski definition) is 2. The zero-order valence-electron chi connectivity index (χ0n) is 28.1. The van der Waals surface area contributed by atoms with Crippen LogP contribution in [0.25, 0.3) is 49.7 Å². The molecular formula is C40H47FN2S. The molecule has 0 radical (unpaired) electrons. The average Bonchev–Trinajstić information content (AvgIpc) is 3.42. The van der Waals surface area contributed by atoms with E-state index in [-0.39, 0.29) is 12.1 Å². The Balaban J connectivity index is 0.000000576. The van der Waals surface area contributed by atoms with Crippen LogP contribution in [0.5, 0.6) is 0 Å². The topological polar surface area (TPSA) is 17.3 Å². The molecule has 0 fully saturated rings. The molecule has 0 bridgehead atoms. The van der Waals surface area contributed by atoms with E-state index >= 15 is 0 Å². The van der Waals surface area contributed by atoms with Gasteiger partial charge in [-0.1, -0.05) is 95.1 Å². The summed E-state index contributed by atoms with van der Waals surface area (Å²) in [6, 6.07) is 24.8. The zero-order chi connectivity index (χ0) is 32.1. The van der Waals surface area contributed by atoms with Gasteiger partial charge in [0.25, 0.3) is 0 Å². The molecule has 0 saturated heterocycles. The first kappa shape index (κ1) is 33.3. The number of aromatic nitrogens is 2. The highest BCUT2D eigenvalue weighted by Crippen LogP contribution is 2.41. The summed E-state index contributed by atoms with van der Waals surface area (Å²) < 4.78 is 12.6. The van der Waals surface area contributed by atoms with Crippen LogP contribution in [0.3, 0.4) is 0 Å². The van der Waals surface area contributed by atoms with Crippen molar-refractivity contribution in [3.63, 3.8) is 0 Å². The molecule has 0 aliphatic carbocycles. The van der Waals surface area contributed by atoms with Gasteiger partial charge < -0.3 is 0 Å². The molecule has 44 heavy (non-hydrogen) atoms. The minimum atomic E-state index is 0.250. The monoisotopic (exact) mass is 606 g/mol. The average molecular weight is 607 g/mol. The van der Waals surface area contributed by atoms with Crippen molar-refractivity contribution in [2.75, 3.05) is 6.26 Å². The Morgan fingerprint density at radius 1 is 0.750 bits per heavy atom. The maximum Gasteiger partial charge on any atom is 0.145 e. The van der Waals surface area contributed by atoms with Crippen LogP contribution < -0.4 is 0 Å². The van der Waals surface area contributed by atoms with Gasteiger partial charge in [-0.05, 0) is 103 Å². The fourth-order valence-electron chi connectivity index (χ4n) is 6.22. The third-order valence-corrected chi connectivity index (χ3v) is 8.47. The van der Waals surface area contributed by atoms with E-state index in [9.17, 15) is 3.89 Å². The second-order valence-corrected chi connectivity index (χ2v) is 12.5. The number of halogens is 1. The first-order chi connectivity index (χ1) is 21.1. The molecule has 4 aromatic carbocycles. The van der Waals surface area contributed by atoms with E-state index in [1.54, 1.807) is 0 Å². The van der Waals surface area contributed by atoms with Gasteiger partial charge in [0.05, 0.1) is 17.4 Å². The maximum absolute atomic E-state index is 10.2. The largest absolute Gasteiger partial charge is 0.292 e. The lowest BCUT2D eigenvalue weighted by Gasteiger charge is -2.20. The molecule has 230 valence electrons. The van der Waals surface area contributed by atoms with Gasteiger partial charge in [-0.25, -0.2) is 4.98 Å². The summed E-state index contributed by atoms with van der Waals surface area (Å²) in [6.07, 6.45) is 6.09. The Labute approximate surface area is 268 Å². The predicted octanol–water partition coefficient (Wildman–Crippen LogP) is 12.7. The lowest BCUT2D eigenvalue weighted by atomic mass is 9.87. The van der Waals surface area contributed by atoms with E-state index < -0.39 is 0 Å². The van der Waals surface area contributed by atoms with Crippen LogP contribution in [0.4, 0.5) is 3.89 Å².